The van der Waals surface area contributed by atoms with Crippen molar-refractivity contribution in [3.05, 3.63) is 52.9 Å². The van der Waals surface area contributed by atoms with Crippen LogP contribution >= 0.6 is 11.6 Å². The Labute approximate surface area is 116 Å². The topological polar surface area (TPSA) is 34.2 Å². The first-order valence-electron chi connectivity index (χ1n) is 5.97. The van der Waals surface area contributed by atoms with Gasteiger partial charge in [-0.05, 0) is 36.9 Å². The second kappa shape index (κ2) is 6.50. The van der Waals surface area contributed by atoms with Crippen molar-refractivity contribution in [2.45, 2.75) is 13.5 Å². The van der Waals surface area contributed by atoms with Crippen LogP contribution in [0.25, 0.3) is 0 Å². The summed E-state index contributed by atoms with van der Waals surface area (Å²) in [6.45, 7) is 3.27. The lowest BCUT2D eigenvalue weighted by Crippen LogP contribution is -2.13. The van der Waals surface area contributed by atoms with Gasteiger partial charge in [-0.25, -0.2) is 9.37 Å². The van der Waals surface area contributed by atoms with Crippen molar-refractivity contribution in [1.82, 2.24) is 10.3 Å². The Kier molecular flexibility index (Phi) is 4.71. The Morgan fingerprint density at radius 1 is 1.32 bits per heavy atom. The van der Waals surface area contributed by atoms with Gasteiger partial charge in [-0.2, -0.15) is 0 Å². The minimum atomic E-state index is -0.378. The van der Waals surface area contributed by atoms with Gasteiger partial charge in [0, 0.05) is 17.1 Å². The third kappa shape index (κ3) is 3.91. The number of ether oxygens (including phenoxy) is 1. The maximum Gasteiger partial charge on any atom is 0.223 e. The zero-order valence-corrected chi connectivity index (χ0v) is 11.2. The molecule has 1 heterocycles. The van der Waals surface area contributed by atoms with Crippen molar-refractivity contribution in [3.8, 4) is 11.6 Å². The van der Waals surface area contributed by atoms with Gasteiger partial charge in [0.15, 0.2) is 0 Å². The Morgan fingerprint density at radius 3 is 2.74 bits per heavy atom. The van der Waals surface area contributed by atoms with Crippen molar-refractivity contribution in [2.24, 2.45) is 0 Å². The fourth-order valence-corrected chi connectivity index (χ4v) is 1.69. The predicted octanol–water partition coefficient (Wildman–Crippen LogP) is 3.78. The second-order valence-electron chi connectivity index (χ2n) is 3.95. The number of nitrogens with zero attached hydrogens (tertiary/aromatic N) is 1. The van der Waals surface area contributed by atoms with Crippen LogP contribution in [-0.2, 0) is 6.54 Å². The Bertz CT molecular complexity index is 546. The minimum absolute atomic E-state index is 0.378. The lowest BCUT2D eigenvalue weighted by Gasteiger charge is -2.10. The summed E-state index contributed by atoms with van der Waals surface area (Å²) in [7, 11) is 0. The molecule has 100 valence electrons. The molecule has 2 rings (SSSR count). The van der Waals surface area contributed by atoms with Crippen LogP contribution in [0.15, 0.2) is 36.5 Å². The Morgan fingerprint density at radius 2 is 2.05 bits per heavy atom. The molecule has 0 saturated carbocycles. The Hall–Kier alpha value is -1.65. The van der Waals surface area contributed by atoms with E-state index in [2.05, 4.69) is 10.3 Å². The first kappa shape index (κ1) is 13.8. The number of nitrogens with one attached hydrogen (secondary N) is 1. The molecule has 0 saturated heterocycles. The molecule has 0 radical (unpaired) electrons. The Balaban J connectivity index is 2.20. The van der Waals surface area contributed by atoms with Gasteiger partial charge in [0.05, 0.1) is 6.20 Å². The average Bonchev–Trinajstić information content (AvgIpc) is 2.41. The molecule has 5 heteroatoms. The number of hydrogen-bond acceptors (Lipinski definition) is 3. The highest BCUT2D eigenvalue weighted by atomic mass is 35.5. The van der Waals surface area contributed by atoms with E-state index >= 15 is 0 Å². The fraction of sp³-hybridized carbons (Fsp3) is 0.214. The molecular formula is C14H14ClFN2O. The molecule has 3 nitrogen and oxygen atoms in total. The molecular weight excluding hydrogens is 267 g/mol. The summed E-state index contributed by atoms with van der Waals surface area (Å²) in [5, 5.41) is 3.75. The third-order valence-electron chi connectivity index (χ3n) is 2.49. The highest BCUT2D eigenvalue weighted by molar-refractivity contribution is 6.30. The highest BCUT2D eigenvalue weighted by Crippen LogP contribution is 2.24. The van der Waals surface area contributed by atoms with Crippen molar-refractivity contribution < 1.29 is 9.13 Å². The number of benzene rings is 1. The van der Waals surface area contributed by atoms with Crippen molar-refractivity contribution in [2.75, 3.05) is 6.54 Å². The highest BCUT2D eigenvalue weighted by Gasteiger charge is 2.08. The van der Waals surface area contributed by atoms with Gasteiger partial charge in [-0.15, -0.1) is 0 Å². The van der Waals surface area contributed by atoms with E-state index in [1.807, 2.05) is 6.92 Å². The number of halogens is 2. The second-order valence-corrected chi connectivity index (χ2v) is 4.39. The molecule has 0 aliphatic carbocycles. The molecule has 1 aromatic carbocycles. The summed E-state index contributed by atoms with van der Waals surface area (Å²) in [5.41, 5.74) is 0.678. The summed E-state index contributed by atoms with van der Waals surface area (Å²) < 4.78 is 18.8. The zero-order chi connectivity index (χ0) is 13.7. The van der Waals surface area contributed by atoms with Gasteiger partial charge in [-0.3, -0.25) is 0 Å². The number of hydrogen-bond donors (Lipinski definition) is 1. The summed E-state index contributed by atoms with van der Waals surface area (Å²) >= 11 is 5.80. The van der Waals surface area contributed by atoms with Crippen LogP contribution in [0.2, 0.25) is 5.02 Å². The maximum absolute atomic E-state index is 13.2. The number of rotatable bonds is 5. The molecule has 2 aromatic rings. The van der Waals surface area contributed by atoms with Gasteiger partial charge in [0.1, 0.15) is 11.6 Å². The normalized spacial score (nSPS) is 10.5. The molecule has 0 aliphatic rings. The number of pyridine rings is 1. The fourth-order valence-electron chi connectivity index (χ4n) is 1.56. The van der Waals surface area contributed by atoms with Crippen LogP contribution in [0.3, 0.4) is 0 Å². The molecule has 1 aromatic heterocycles. The summed E-state index contributed by atoms with van der Waals surface area (Å²) in [6, 6.07) is 8.35. The smallest absolute Gasteiger partial charge is 0.223 e. The van der Waals surface area contributed by atoms with Gasteiger partial charge in [0.25, 0.3) is 0 Å². The van der Waals surface area contributed by atoms with E-state index in [1.54, 1.807) is 24.3 Å². The lowest BCUT2D eigenvalue weighted by atomic mass is 10.2. The van der Waals surface area contributed by atoms with Gasteiger partial charge in [-0.1, -0.05) is 18.5 Å². The van der Waals surface area contributed by atoms with E-state index in [9.17, 15) is 4.39 Å². The summed E-state index contributed by atoms with van der Waals surface area (Å²) in [4.78, 5) is 3.98. The monoisotopic (exact) mass is 280 g/mol. The quantitative estimate of drug-likeness (QED) is 0.905. The summed E-state index contributed by atoms with van der Waals surface area (Å²) in [6.07, 6.45) is 1.14. The molecule has 19 heavy (non-hydrogen) atoms. The number of aromatic nitrogens is 1. The lowest BCUT2D eigenvalue weighted by molar-refractivity contribution is 0.449. The van der Waals surface area contributed by atoms with E-state index in [-0.39, 0.29) is 5.82 Å². The SMILES string of the molecule is CCNCc1cc(F)cnc1Oc1ccc(Cl)cc1. The molecule has 0 atom stereocenters. The molecule has 1 N–H and O–H groups in total. The summed E-state index contributed by atoms with van der Waals surface area (Å²) in [5.74, 6) is 0.627. The average molecular weight is 281 g/mol. The molecule has 0 unspecified atom stereocenters. The van der Waals surface area contributed by atoms with Crippen LogP contribution in [0.4, 0.5) is 4.39 Å². The van der Waals surface area contributed by atoms with Crippen molar-refractivity contribution in [1.29, 1.82) is 0 Å². The predicted molar refractivity (Wildman–Crippen MR) is 73.1 cm³/mol. The molecule has 0 bridgehead atoms. The largest absolute Gasteiger partial charge is 0.439 e. The van der Waals surface area contributed by atoms with E-state index in [0.29, 0.717) is 28.8 Å². The third-order valence-corrected chi connectivity index (χ3v) is 2.74. The molecule has 0 fully saturated rings. The van der Waals surface area contributed by atoms with Crippen LogP contribution in [0, 0.1) is 5.82 Å². The van der Waals surface area contributed by atoms with Crippen molar-refractivity contribution >= 4 is 11.6 Å². The molecule has 0 aliphatic heterocycles. The van der Waals surface area contributed by atoms with E-state index in [1.165, 1.54) is 6.07 Å². The molecule has 0 spiro atoms. The van der Waals surface area contributed by atoms with Gasteiger partial charge in [0.2, 0.25) is 5.88 Å². The zero-order valence-electron chi connectivity index (χ0n) is 10.5. The minimum Gasteiger partial charge on any atom is -0.439 e. The maximum atomic E-state index is 13.2. The molecule has 0 amide bonds. The standard InChI is InChI=1S/C14H14ClFN2O/c1-2-17-8-10-7-12(16)9-18-14(10)19-13-5-3-11(15)4-6-13/h3-7,9,17H,2,8H2,1H3. The van der Waals surface area contributed by atoms with Gasteiger partial charge >= 0.3 is 0 Å². The van der Waals surface area contributed by atoms with Crippen LogP contribution in [-0.4, -0.2) is 11.5 Å². The van der Waals surface area contributed by atoms with E-state index in [0.717, 1.165) is 12.7 Å². The first-order chi connectivity index (χ1) is 9.19. The van der Waals surface area contributed by atoms with Crippen molar-refractivity contribution in [3.63, 3.8) is 0 Å². The van der Waals surface area contributed by atoms with Gasteiger partial charge < -0.3 is 10.1 Å². The van der Waals surface area contributed by atoms with Crippen LogP contribution in [0.1, 0.15) is 12.5 Å². The van der Waals surface area contributed by atoms with E-state index in [4.69, 9.17) is 16.3 Å². The van der Waals surface area contributed by atoms with Crippen LogP contribution in [0.5, 0.6) is 11.6 Å². The first-order valence-corrected chi connectivity index (χ1v) is 6.35. The van der Waals surface area contributed by atoms with E-state index < -0.39 is 0 Å². The van der Waals surface area contributed by atoms with Crippen LogP contribution < -0.4 is 10.1 Å².